The second-order valence-corrected chi connectivity index (χ2v) is 9.44. The number of carbonyl (C=O) groups excluding carboxylic acids is 2. The van der Waals surface area contributed by atoms with Crippen LogP contribution in [0.25, 0.3) is 0 Å². The standard InChI is InChI=1S/C24H23ClF2N4O3S/c25-14-5-8-16(9-6-14)34-12-22-28-21(13-35-22)23(32)29-19-3-1-2-4-20(19)31-24(33)30-18-10-7-15(26)11-17(18)27/h5-11,13,19-20H,1-4,12H2,(H,29,32)(H2,30,31,33)/t19-,20+/m1/s1. The van der Waals surface area contributed by atoms with Crippen molar-refractivity contribution in [3.05, 3.63) is 75.2 Å². The van der Waals surface area contributed by atoms with Crippen molar-refractivity contribution < 1.29 is 23.1 Å². The average molecular weight is 521 g/mol. The number of nitrogens with one attached hydrogen (secondary N) is 3. The molecule has 0 aliphatic heterocycles. The quantitative estimate of drug-likeness (QED) is 0.382. The number of halogens is 3. The molecule has 3 N–H and O–H groups in total. The number of aromatic nitrogens is 1. The summed E-state index contributed by atoms with van der Waals surface area (Å²) in [5.74, 6) is -1.30. The van der Waals surface area contributed by atoms with Crippen LogP contribution in [0.4, 0.5) is 19.3 Å². The van der Waals surface area contributed by atoms with Gasteiger partial charge in [-0.25, -0.2) is 18.6 Å². The zero-order valence-electron chi connectivity index (χ0n) is 18.5. The van der Waals surface area contributed by atoms with E-state index in [-0.39, 0.29) is 36.0 Å². The van der Waals surface area contributed by atoms with Crippen LogP contribution in [0.5, 0.6) is 5.75 Å². The van der Waals surface area contributed by atoms with Gasteiger partial charge in [0.25, 0.3) is 5.91 Å². The molecule has 2 aromatic carbocycles. The first-order chi connectivity index (χ1) is 16.9. The molecule has 0 radical (unpaired) electrons. The first-order valence-electron chi connectivity index (χ1n) is 11.0. The number of carbonyl (C=O) groups is 2. The molecule has 11 heteroatoms. The minimum absolute atomic E-state index is 0.129. The van der Waals surface area contributed by atoms with E-state index < -0.39 is 17.7 Å². The maximum Gasteiger partial charge on any atom is 0.319 e. The SMILES string of the molecule is O=C(Nc1ccc(F)cc1F)N[C@H]1CCCC[C@H]1NC(=O)c1csc(COc2ccc(Cl)cc2)n1. The number of nitrogens with zero attached hydrogens (tertiary/aromatic N) is 1. The van der Waals surface area contributed by atoms with Crippen LogP contribution in [-0.2, 0) is 6.61 Å². The highest BCUT2D eigenvalue weighted by Crippen LogP contribution is 2.21. The Bertz CT molecular complexity index is 1190. The topological polar surface area (TPSA) is 92.4 Å². The van der Waals surface area contributed by atoms with Crippen molar-refractivity contribution >= 4 is 40.6 Å². The molecule has 1 saturated carbocycles. The number of rotatable bonds is 7. The smallest absolute Gasteiger partial charge is 0.319 e. The van der Waals surface area contributed by atoms with Gasteiger partial charge >= 0.3 is 6.03 Å². The summed E-state index contributed by atoms with van der Waals surface area (Å²) in [5.41, 5.74) is 0.142. The number of amides is 3. The molecule has 2 atom stereocenters. The molecule has 0 bridgehead atoms. The lowest BCUT2D eigenvalue weighted by Crippen LogP contribution is -2.54. The third-order valence-corrected chi connectivity index (χ3v) is 6.61. The van der Waals surface area contributed by atoms with Gasteiger partial charge in [-0.3, -0.25) is 4.79 Å². The lowest BCUT2D eigenvalue weighted by atomic mass is 9.90. The molecule has 1 heterocycles. The number of ether oxygens (including phenoxy) is 1. The van der Waals surface area contributed by atoms with Crippen molar-refractivity contribution in [2.45, 2.75) is 44.4 Å². The Labute approximate surface area is 209 Å². The molecule has 35 heavy (non-hydrogen) atoms. The number of benzene rings is 2. The highest BCUT2D eigenvalue weighted by Gasteiger charge is 2.29. The third-order valence-electron chi connectivity index (χ3n) is 5.54. The number of thiazole rings is 1. The number of anilines is 1. The summed E-state index contributed by atoms with van der Waals surface area (Å²) >= 11 is 7.18. The Kier molecular flexibility index (Phi) is 8.14. The summed E-state index contributed by atoms with van der Waals surface area (Å²) in [6, 6.07) is 8.58. The Hall–Kier alpha value is -3.24. The van der Waals surface area contributed by atoms with Crippen molar-refractivity contribution in [2.24, 2.45) is 0 Å². The molecule has 1 aliphatic carbocycles. The molecule has 7 nitrogen and oxygen atoms in total. The summed E-state index contributed by atoms with van der Waals surface area (Å²) in [7, 11) is 0. The Morgan fingerprint density at radius 1 is 1.06 bits per heavy atom. The summed E-state index contributed by atoms with van der Waals surface area (Å²) < 4.78 is 32.6. The van der Waals surface area contributed by atoms with Crippen LogP contribution in [0.15, 0.2) is 47.8 Å². The minimum Gasteiger partial charge on any atom is -0.486 e. The molecule has 0 spiro atoms. The fourth-order valence-electron chi connectivity index (χ4n) is 3.79. The summed E-state index contributed by atoms with van der Waals surface area (Å²) in [6.07, 6.45) is 3.11. The second kappa shape index (κ2) is 11.5. The lowest BCUT2D eigenvalue weighted by Gasteiger charge is -2.32. The van der Waals surface area contributed by atoms with Gasteiger partial charge in [0.15, 0.2) is 0 Å². The van der Waals surface area contributed by atoms with Crippen LogP contribution in [0.2, 0.25) is 5.02 Å². The van der Waals surface area contributed by atoms with Crippen molar-refractivity contribution in [1.82, 2.24) is 15.6 Å². The molecule has 184 valence electrons. The van der Waals surface area contributed by atoms with Crippen molar-refractivity contribution in [2.75, 3.05) is 5.32 Å². The predicted molar refractivity (Wildman–Crippen MR) is 130 cm³/mol. The summed E-state index contributed by atoms with van der Waals surface area (Å²) in [5, 5.41) is 11.0. The van der Waals surface area contributed by atoms with E-state index in [0.717, 1.165) is 25.0 Å². The van der Waals surface area contributed by atoms with E-state index in [1.807, 2.05) is 0 Å². The van der Waals surface area contributed by atoms with Crippen LogP contribution in [0.3, 0.4) is 0 Å². The summed E-state index contributed by atoms with van der Waals surface area (Å²) in [6.45, 7) is 0.216. The van der Waals surface area contributed by atoms with Crippen molar-refractivity contribution in [3.8, 4) is 5.75 Å². The maximum absolute atomic E-state index is 13.8. The van der Waals surface area contributed by atoms with Gasteiger partial charge in [0, 0.05) is 22.5 Å². The molecular weight excluding hydrogens is 498 g/mol. The molecule has 0 unspecified atom stereocenters. The molecule has 3 amide bonds. The van der Waals surface area contributed by atoms with E-state index in [4.69, 9.17) is 16.3 Å². The van der Waals surface area contributed by atoms with E-state index in [1.54, 1.807) is 29.6 Å². The van der Waals surface area contributed by atoms with Crippen LogP contribution in [-0.4, -0.2) is 29.0 Å². The molecular formula is C24H23ClF2N4O3S. The number of urea groups is 1. The van der Waals surface area contributed by atoms with Crippen molar-refractivity contribution in [3.63, 3.8) is 0 Å². The van der Waals surface area contributed by atoms with Gasteiger partial charge in [-0.05, 0) is 49.2 Å². The Morgan fingerprint density at radius 2 is 1.77 bits per heavy atom. The van der Waals surface area contributed by atoms with Crippen LogP contribution < -0.4 is 20.7 Å². The highest BCUT2D eigenvalue weighted by molar-refractivity contribution is 7.09. The van der Waals surface area contributed by atoms with E-state index in [2.05, 4.69) is 20.9 Å². The number of hydrogen-bond acceptors (Lipinski definition) is 5. The van der Waals surface area contributed by atoms with Gasteiger partial charge in [0.05, 0.1) is 11.7 Å². The first-order valence-corrected chi connectivity index (χ1v) is 12.3. The van der Waals surface area contributed by atoms with E-state index in [9.17, 15) is 18.4 Å². The predicted octanol–water partition coefficient (Wildman–Crippen LogP) is 5.52. The molecule has 1 aromatic heterocycles. The zero-order valence-corrected chi connectivity index (χ0v) is 20.1. The maximum atomic E-state index is 13.8. The lowest BCUT2D eigenvalue weighted by molar-refractivity contribution is 0.0911. The molecule has 1 aliphatic rings. The van der Waals surface area contributed by atoms with Crippen molar-refractivity contribution in [1.29, 1.82) is 0 Å². The zero-order chi connectivity index (χ0) is 24.8. The van der Waals surface area contributed by atoms with Crippen LogP contribution in [0.1, 0.15) is 41.2 Å². The Morgan fingerprint density at radius 3 is 2.49 bits per heavy atom. The molecule has 4 rings (SSSR count). The van der Waals surface area contributed by atoms with E-state index >= 15 is 0 Å². The molecule has 3 aromatic rings. The fraction of sp³-hybridized carbons (Fsp3) is 0.292. The summed E-state index contributed by atoms with van der Waals surface area (Å²) in [4.78, 5) is 29.6. The first kappa shape index (κ1) is 24.9. The van der Waals surface area contributed by atoms with E-state index in [0.29, 0.717) is 34.7 Å². The third kappa shape index (κ3) is 6.89. The number of hydrogen-bond donors (Lipinski definition) is 3. The van der Waals surface area contributed by atoms with Gasteiger partial charge in [0.1, 0.15) is 34.7 Å². The van der Waals surface area contributed by atoms with Gasteiger partial charge in [0.2, 0.25) is 0 Å². The van der Waals surface area contributed by atoms with Gasteiger partial charge in [-0.15, -0.1) is 11.3 Å². The van der Waals surface area contributed by atoms with Gasteiger partial charge in [-0.1, -0.05) is 24.4 Å². The highest BCUT2D eigenvalue weighted by atomic mass is 35.5. The largest absolute Gasteiger partial charge is 0.486 e. The van der Waals surface area contributed by atoms with Gasteiger partial charge < -0.3 is 20.7 Å². The van der Waals surface area contributed by atoms with Gasteiger partial charge in [-0.2, -0.15) is 0 Å². The minimum atomic E-state index is -0.868. The monoisotopic (exact) mass is 520 g/mol. The molecule has 1 fully saturated rings. The van der Waals surface area contributed by atoms with Crippen LogP contribution in [0, 0.1) is 11.6 Å². The fourth-order valence-corrected chi connectivity index (χ4v) is 4.61. The molecule has 0 saturated heterocycles. The average Bonchev–Trinajstić information content (AvgIpc) is 3.31. The second-order valence-electron chi connectivity index (χ2n) is 8.06. The Balaban J connectivity index is 1.31. The van der Waals surface area contributed by atoms with E-state index in [1.165, 1.54) is 11.3 Å². The normalized spacial score (nSPS) is 17.5. The van der Waals surface area contributed by atoms with Crippen LogP contribution >= 0.6 is 22.9 Å².